The molecule has 7 nitrogen and oxygen atoms in total. The van der Waals surface area contributed by atoms with E-state index in [-0.39, 0.29) is 23.9 Å². The number of anilines is 1. The molecule has 232 valence electrons. The lowest BCUT2D eigenvalue weighted by atomic mass is 9.73. The van der Waals surface area contributed by atoms with Crippen molar-refractivity contribution in [2.75, 3.05) is 57.3 Å². The maximum absolute atomic E-state index is 14.6. The fourth-order valence-corrected chi connectivity index (χ4v) is 7.85. The van der Waals surface area contributed by atoms with Crippen molar-refractivity contribution in [2.24, 2.45) is 5.41 Å². The molecule has 0 radical (unpaired) electrons. The molecule has 0 aromatic heterocycles. The van der Waals surface area contributed by atoms with E-state index in [0.29, 0.717) is 30.2 Å². The summed E-state index contributed by atoms with van der Waals surface area (Å²) in [4.78, 5) is 17.9. The molecule has 1 atom stereocenters. The minimum Gasteiger partial charge on any atom is -0.490 e. The molecule has 1 spiro atoms. The van der Waals surface area contributed by atoms with Crippen molar-refractivity contribution in [1.82, 2.24) is 15.5 Å². The summed E-state index contributed by atoms with van der Waals surface area (Å²) >= 11 is 0. The standard InChI is InChI=1S/C35H47FN4O3/c36-27-19-28(39-16-11-35(12-17-39)23-38-24-35)21-31(20-27)42-29-9-14-40(15-10-29)34(41)26-6-7-33(43-30-8-13-37-22-30)32(18-26)25-4-2-1-3-5-25/h6-7,18-21,25,29-30,37-38H,1-5,8-17,22-24H2/t30-/m0/s1. The van der Waals surface area contributed by atoms with Gasteiger partial charge in [0.25, 0.3) is 5.91 Å². The summed E-state index contributed by atoms with van der Waals surface area (Å²) in [5.41, 5.74) is 3.34. The van der Waals surface area contributed by atoms with Gasteiger partial charge < -0.3 is 29.9 Å². The lowest BCUT2D eigenvalue weighted by molar-refractivity contribution is 0.0595. The number of hydrogen-bond donors (Lipinski definition) is 2. The molecule has 43 heavy (non-hydrogen) atoms. The summed E-state index contributed by atoms with van der Waals surface area (Å²) in [6.07, 6.45) is 11.1. The van der Waals surface area contributed by atoms with E-state index in [4.69, 9.17) is 9.47 Å². The molecule has 1 amide bonds. The zero-order chi connectivity index (χ0) is 29.2. The molecule has 1 saturated carbocycles. The van der Waals surface area contributed by atoms with Gasteiger partial charge in [0.05, 0.1) is 0 Å². The number of likely N-dealkylation sites (tertiary alicyclic amines) is 1. The van der Waals surface area contributed by atoms with Gasteiger partial charge in [-0.2, -0.15) is 0 Å². The first-order valence-corrected chi connectivity index (χ1v) is 16.8. The van der Waals surface area contributed by atoms with Gasteiger partial charge in [-0.15, -0.1) is 0 Å². The first-order chi connectivity index (χ1) is 21.0. The Morgan fingerprint density at radius 3 is 2.33 bits per heavy atom. The number of halogens is 1. The van der Waals surface area contributed by atoms with E-state index in [0.717, 1.165) is 101 Å². The van der Waals surface area contributed by atoms with E-state index in [9.17, 15) is 9.18 Å². The Morgan fingerprint density at radius 1 is 0.837 bits per heavy atom. The van der Waals surface area contributed by atoms with Crippen LogP contribution in [-0.4, -0.2) is 75.4 Å². The molecule has 1 aliphatic carbocycles. The van der Waals surface area contributed by atoms with E-state index in [1.54, 1.807) is 6.07 Å². The lowest BCUT2D eigenvalue weighted by Gasteiger charge is -2.49. The zero-order valence-corrected chi connectivity index (χ0v) is 25.4. The fraction of sp³-hybridized carbons (Fsp3) is 0.629. The van der Waals surface area contributed by atoms with Crippen LogP contribution in [0.2, 0.25) is 0 Å². The van der Waals surface area contributed by atoms with Crippen LogP contribution >= 0.6 is 0 Å². The second-order valence-corrected chi connectivity index (χ2v) is 13.7. The molecule has 2 aromatic rings. The summed E-state index contributed by atoms with van der Waals surface area (Å²) in [6, 6.07) is 11.2. The molecule has 5 aliphatic rings. The molecular weight excluding hydrogens is 543 g/mol. The number of ether oxygens (including phenoxy) is 2. The predicted molar refractivity (Wildman–Crippen MR) is 167 cm³/mol. The van der Waals surface area contributed by atoms with Gasteiger partial charge in [-0.3, -0.25) is 4.79 Å². The third kappa shape index (κ3) is 6.51. The summed E-state index contributed by atoms with van der Waals surface area (Å²) in [5, 5.41) is 6.80. The molecule has 2 aromatic carbocycles. The third-order valence-corrected chi connectivity index (χ3v) is 10.7. The minimum atomic E-state index is -0.254. The fourth-order valence-electron chi connectivity index (χ4n) is 7.85. The lowest BCUT2D eigenvalue weighted by Crippen LogP contribution is -2.58. The Labute approximate surface area is 255 Å². The van der Waals surface area contributed by atoms with Crippen LogP contribution in [0, 0.1) is 11.2 Å². The van der Waals surface area contributed by atoms with Crippen LogP contribution in [0.5, 0.6) is 11.5 Å². The van der Waals surface area contributed by atoms with Crippen LogP contribution in [0.3, 0.4) is 0 Å². The smallest absolute Gasteiger partial charge is 0.253 e. The summed E-state index contributed by atoms with van der Waals surface area (Å²) in [6.45, 7) is 7.29. The molecule has 0 unspecified atom stereocenters. The van der Waals surface area contributed by atoms with E-state index < -0.39 is 0 Å². The normalized spacial score (nSPS) is 24.6. The first kappa shape index (κ1) is 28.9. The van der Waals surface area contributed by atoms with Crippen LogP contribution in [0.1, 0.15) is 86.0 Å². The van der Waals surface area contributed by atoms with Crippen LogP contribution in [0.25, 0.3) is 0 Å². The Hall–Kier alpha value is -2.84. The number of rotatable bonds is 7. The van der Waals surface area contributed by atoms with Gasteiger partial charge >= 0.3 is 0 Å². The minimum absolute atomic E-state index is 0.0297. The van der Waals surface area contributed by atoms with Crippen molar-refractivity contribution in [1.29, 1.82) is 0 Å². The van der Waals surface area contributed by atoms with Crippen LogP contribution in [0.15, 0.2) is 36.4 Å². The Balaban J connectivity index is 0.972. The van der Waals surface area contributed by atoms with Crippen molar-refractivity contribution in [3.8, 4) is 11.5 Å². The topological polar surface area (TPSA) is 66.1 Å². The Kier molecular flexibility index (Phi) is 8.50. The molecule has 8 heteroatoms. The maximum Gasteiger partial charge on any atom is 0.253 e. The molecule has 7 rings (SSSR count). The van der Waals surface area contributed by atoms with Crippen LogP contribution < -0.4 is 25.0 Å². The highest BCUT2D eigenvalue weighted by Gasteiger charge is 2.39. The van der Waals surface area contributed by atoms with Crippen molar-refractivity contribution in [3.05, 3.63) is 53.3 Å². The second-order valence-electron chi connectivity index (χ2n) is 13.7. The molecular formula is C35H47FN4O3. The van der Waals surface area contributed by atoms with Crippen LogP contribution in [0.4, 0.5) is 10.1 Å². The molecule has 5 fully saturated rings. The summed E-state index contributed by atoms with van der Waals surface area (Å²) in [5.74, 6) is 1.85. The number of carbonyl (C=O) groups is 1. The number of carbonyl (C=O) groups excluding carboxylic acids is 1. The quantitative estimate of drug-likeness (QED) is 0.445. The summed E-state index contributed by atoms with van der Waals surface area (Å²) in [7, 11) is 0. The second kappa shape index (κ2) is 12.6. The zero-order valence-electron chi connectivity index (χ0n) is 25.4. The molecule has 4 heterocycles. The van der Waals surface area contributed by atoms with Gasteiger partial charge in [-0.25, -0.2) is 4.39 Å². The van der Waals surface area contributed by atoms with Gasteiger partial charge in [0.2, 0.25) is 0 Å². The number of nitrogens with zero attached hydrogens (tertiary/aromatic N) is 2. The average molecular weight is 591 g/mol. The molecule has 2 N–H and O–H groups in total. The number of hydrogen-bond acceptors (Lipinski definition) is 6. The highest BCUT2D eigenvalue weighted by Crippen LogP contribution is 2.40. The highest BCUT2D eigenvalue weighted by molar-refractivity contribution is 5.94. The van der Waals surface area contributed by atoms with E-state index >= 15 is 0 Å². The van der Waals surface area contributed by atoms with Crippen molar-refractivity contribution < 1.29 is 18.7 Å². The first-order valence-electron chi connectivity index (χ1n) is 16.8. The third-order valence-electron chi connectivity index (χ3n) is 10.7. The molecule has 4 saturated heterocycles. The molecule has 4 aliphatic heterocycles. The van der Waals surface area contributed by atoms with Crippen molar-refractivity contribution in [3.63, 3.8) is 0 Å². The largest absolute Gasteiger partial charge is 0.490 e. The SMILES string of the molecule is O=C(c1ccc(O[C@H]2CCNC2)c(C2CCCCC2)c1)N1CCC(Oc2cc(F)cc(N3CCC4(CC3)CNC4)c2)CC1. The summed E-state index contributed by atoms with van der Waals surface area (Å²) < 4.78 is 27.4. The van der Waals surface area contributed by atoms with E-state index in [1.165, 1.54) is 30.9 Å². The number of piperidine rings is 2. The monoisotopic (exact) mass is 590 g/mol. The van der Waals surface area contributed by atoms with Gasteiger partial charge in [-0.05, 0) is 79.8 Å². The van der Waals surface area contributed by atoms with Crippen LogP contribution in [-0.2, 0) is 0 Å². The van der Waals surface area contributed by atoms with Crippen molar-refractivity contribution >= 4 is 11.6 Å². The highest BCUT2D eigenvalue weighted by atomic mass is 19.1. The van der Waals surface area contributed by atoms with Gasteiger partial charge in [0, 0.05) is 82.0 Å². The Bertz CT molecular complexity index is 1270. The molecule has 0 bridgehead atoms. The van der Waals surface area contributed by atoms with Crippen molar-refractivity contribution in [2.45, 2.75) is 82.3 Å². The number of amides is 1. The number of nitrogens with one attached hydrogen (secondary N) is 2. The maximum atomic E-state index is 14.6. The number of benzene rings is 2. The van der Waals surface area contributed by atoms with Gasteiger partial charge in [-0.1, -0.05) is 19.3 Å². The Morgan fingerprint density at radius 2 is 1.63 bits per heavy atom. The van der Waals surface area contributed by atoms with E-state index in [2.05, 4.69) is 21.6 Å². The van der Waals surface area contributed by atoms with Gasteiger partial charge in [0.15, 0.2) is 0 Å². The average Bonchev–Trinajstić information content (AvgIpc) is 3.54. The van der Waals surface area contributed by atoms with Gasteiger partial charge in [0.1, 0.15) is 29.5 Å². The van der Waals surface area contributed by atoms with E-state index in [1.807, 2.05) is 23.1 Å². The predicted octanol–water partition coefficient (Wildman–Crippen LogP) is 5.49.